The Morgan fingerprint density at radius 2 is 2.38 bits per heavy atom. The quantitative estimate of drug-likeness (QED) is 0.642. The molecule has 0 fully saturated rings. The number of hydrogen-bond donors (Lipinski definition) is 1. The van der Waals surface area contributed by atoms with Gasteiger partial charge in [-0.15, -0.1) is 0 Å². The van der Waals surface area contributed by atoms with Gasteiger partial charge in [-0.05, 0) is 6.42 Å². The molecule has 8 heavy (non-hydrogen) atoms. The number of carbonyl (C=O) groups is 1. The van der Waals surface area contributed by atoms with E-state index in [0.29, 0.717) is 6.42 Å². The van der Waals surface area contributed by atoms with E-state index in [1.807, 2.05) is 0 Å². The molecule has 0 aliphatic rings. The Balaban J connectivity index is 2.99. The molecule has 3 heteroatoms. The fraction of sp³-hybridized carbons (Fsp3) is 0.800. The van der Waals surface area contributed by atoms with E-state index < -0.39 is 0 Å². The Bertz CT molecular complexity index is 74.8. The number of alkyl halides is 1. The summed E-state index contributed by atoms with van der Waals surface area (Å²) in [4.78, 5) is 10.4. The number of rotatable bonds is 3. The van der Waals surface area contributed by atoms with Crippen LogP contribution in [0.2, 0.25) is 0 Å². The Hall–Kier alpha value is -0.0500. The van der Waals surface area contributed by atoms with E-state index >= 15 is 0 Å². The third-order valence-corrected chi connectivity index (χ3v) is 1.38. The largest absolute Gasteiger partial charge is 0.359 e. The number of hydrogen-bond acceptors (Lipinski definition) is 1. The highest BCUT2D eigenvalue weighted by atomic mass is 79.9. The van der Waals surface area contributed by atoms with Crippen LogP contribution in [0.15, 0.2) is 0 Å². The fourth-order valence-corrected chi connectivity index (χ4v) is 0.633. The highest BCUT2D eigenvalue weighted by molar-refractivity contribution is 9.09. The van der Waals surface area contributed by atoms with E-state index in [-0.39, 0.29) is 5.91 Å². The molecule has 48 valence electrons. The Morgan fingerprint density at radius 3 is 2.75 bits per heavy atom. The molecule has 2 nitrogen and oxygen atoms in total. The summed E-state index contributed by atoms with van der Waals surface area (Å²) >= 11 is 3.23. The highest BCUT2D eigenvalue weighted by Gasteiger charge is 1.93. The summed E-state index contributed by atoms with van der Waals surface area (Å²) in [6.07, 6.45) is 1.54. The monoisotopic (exact) mass is 179 g/mol. The zero-order valence-corrected chi connectivity index (χ0v) is 6.49. The molecule has 0 radical (unpaired) electrons. The molecule has 1 N–H and O–H groups in total. The van der Waals surface area contributed by atoms with Gasteiger partial charge in [0.1, 0.15) is 0 Å². The number of amides is 1. The van der Waals surface area contributed by atoms with Crippen LogP contribution in [0.4, 0.5) is 0 Å². The number of halogens is 1. The molecule has 0 saturated carbocycles. The van der Waals surface area contributed by atoms with E-state index in [9.17, 15) is 4.79 Å². The summed E-state index contributed by atoms with van der Waals surface area (Å²) in [7, 11) is 1.65. The third kappa shape index (κ3) is 4.12. The molecule has 0 aromatic carbocycles. The zero-order chi connectivity index (χ0) is 6.41. The van der Waals surface area contributed by atoms with E-state index in [1.54, 1.807) is 7.05 Å². The van der Waals surface area contributed by atoms with Crippen LogP contribution >= 0.6 is 15.9 Å². The van der Waals surface area contributed by atoms with E-state index in [2.05, 4.69) is 21.2 Å². The van der Waals surface area contributed by atoms with Crippen molar-refractivity contribution in [2.75, 3.05) is 12.4 Å². The minimum absolute atomic E-state index is 0.115. The third-order valence-electron chi connectivity index (χ3n) is 0.816. The van der Waals surface area contributed by atoms with E-state index in [0.717, 1.165) is 11.8 Å². The minimum Gasteiger partial charge on any atom is -0.359 e. The van der Waals surface area contributed by atoms with Crippen molar-refractivity contribution in [2.24, 2.45) is 0 Å². The van der Waals surface area contributed by atoms with Gasteiger partial charge in [0.05, 0.1) is 0 Å². The van der Waals surface area contributed by atoms with Crippen LogP contribution in [-0.4, -0.2) is 18.3 Å². The van der Waals surface area contributed by atoms with Crippen molar-refractivity contribution in [3.8, 4) is 0 Å². The van der Waals surface area contributed by atoms with Crippen LogP contribution in [0.3, 0.4) is 0 Å². The molecule has 0 aliphatic carbocycles. The summed E-state index contributed by atoms with van der Waals surface area (Å²) in [5.74, 6) is 0.115. The lowest BCUT2D eigenvalue weighted by Gasteiger charge is -1.93. The highest BCUT2D eigenvalue weighted by Crippen LogP contribution is 1.91. The smallest absolute Gasteiger partial charge is 0.219 e. The minimum atomic E-state index is 0.115. The molecular formula is C5H10BrNO. The standard InChI is InChI=1S/C5H10BrNO/c1-7-5(8)3-2-4-6/h2-4H2,1H3,(H,7,8). The first-order chi connectivity index (χ1) is 3.81. The maximum absolute atomic E-state index is 10.4. The molecular weight excluding hydrogens is 170 g/mol. The number of nitrogens with one attached hydrogen (secondary N) is 1. The SMILES string of the molecule is CNC(=O)CCCBr. The van der Waals surface area contributed by atoms with Gasteiger partial charge in [-0.3, -0.25) is 4.79 Å². The van der Waals surface area contributed by atoms with Crippen molar-refractivity contribution in [2.45, 2.75) is 12.8 Å². The maximum Gasteiger partial charge on any atom is 0.219 e. The zero-order valence-electron chi connectivity index (χ0n) is 4.91. The van der Waals surface area contributed by atoms with Crippen molar-refractivity contribution >= 4 is 21.8 Å². The molecule has 0 bridgehead atoms. The second kappa shape index (κ2) is 5.09. The summed E-state index contributed by atoms with van der Waals surface area (Å²) < 4.78 is 0. The normalized spacial score (nSPS) is 8.75. The lowest BCUT2D eigenvalue weighted by Crippen LogP contribution is -2.16. The van der Waals surface area contributed by atoms with Gasteiger partial charge in [-0.2, -0.15) is 0 Å². The first-order valence-electron chi connectivity index (χ1n) is 2.57. The molecule has 0 rings (SSSR count). The second-order valence-corrected chi connectivity index (χ2v) is 2.26. The molecule has 0 spiro atoms. The summed E-state index contributed by atoms with van der Waals surface area (Å²) in [6, 6.07) is 0. The van der Waals surface area contributed by atoms with Crippen molar-refractivity contribution in [1.29, 1.82) is 0 Å². The first-order valence-corrected chi connectivity index (χ1v) is 3.70. The van der Waals surface area contributed by atoms with Crippen LogP contribution in [0.1, 0.15) is 12.8 Å². The molecule has 0 heterocycles. The van der Waals surface area contributed by atoms with Crippen LogP contribution in [-0.2, 0) is 4.79 Å². The van der Waals surface area contributed by atoms with Gasteiger partial charge in [-0.25, -0.2) is 0 Å². The maximum atomic E-state index is 10.4. The summed E-state index contributed by atoms with van der Waals surface area (Å²) in [5.41, 5.74) is 0. The van der Waals surface area contributed by atoms with E-state index in [1.165, 1.54) is 0 Å². The van der Waals surface area contributed by atoms with Crippen molar-refractivity contribution in [1.82, 2.24) is 5.32 Å². The van der Waals surface area contributed by atoms with Crippen molar-refractivity contribution < 1.29 is 4.79 Å². The Kier molecular flexibility index (Phi) is 5.06. The van der Waals surface area contributed by atoms with Crippen molar-refractivity contribution in [3.63, 3.8) is 0 Å². The van der Waals surface area contributed by atoms with Gasteiger partial charge < -0.3 is 5.32 Å². The summed E-state index contributed by atoms with van der Waals surface area (Å²) in [6.45, 7) is 0. The van der Waals surface area contributed by atoms with Crippen LogP contribution < -0.4 is 5.32 Å². The predicted molar refractivity (Wildman–Crippen MR) is 37.1 cm³/mol. The van der Waals surface area contributed by atoms with Gasteiger partial charge in [0.25, 0.3) is 0 Å². The second-order valence-electron chi connectivity index (χ2n) is 1.47. The predicted octanol–water partition coefficient (Wildman–Crippen LogP) is 0.907. The van der Waals surface area contributed by atoms with Gasteiger partial charge >= 0.3 is 0 Å². The van der Waals surface area contributed by atoms with Crippen molar-refractivity contribution in [3.05, 3.63) is 0 Å². The van der Waals surface area contributed by atoms with Crippen LogP contribution in [0.25, 0.3) is 0 Å². The lowest BCUT2D eigenvalue weighted by molar-refractivity contribution is -0.120. The fourth-order valence-electron chi connectivity index (χ4n) is 0.352. The van der Waals surface area contributed by atoms with Gasteiger partial charge in [-0.1, -0.05) is 15.9 Å². The molecule has 0 atom stereocenters. The molecule has 1 amide bonds. The van der Waals surface area contributed by atoms with Gasteiger partial charge in [0.2, 0.25) is 5.91 Å². The Labute approximate surface area is 57.8 Å². The molecule has 0 saturated heterocycles. The lowest BCUT2D eigenvalue weighted by atomic mass is 10.3. The average molecular weight is 180 g/mol. The van der Waals surface area contributed by atoms with Gasteiger partial charge in [0, 0.05) is 18.8 Å². The first kappa shape index (κ1) is 7.95. The number of carbonyl (C=O) groups excluding carboxylic acids is 1. The Morgan fingerprint density at radius 1 is 1.75 bits per heavy atom. The molecule has 0 aromatic rings. The van der Waals surface area contributed by atoms with Gasteiger partial charge in [0.15, 0.2) is 0 Å². The average Bonchev–Trinajstić information content (AvgIpc) is 1.83. The molecule has 0 unspecified atom stereocenters. The molecule has 0 aromatic heterocycles. The van der Waals surface area contributed by atoms with E-state index in [4.69, 9.17) is 0 Å². The van der Waals surface area contributed by atoms with Crippen LogP contribution in [0.5, 0.6) is 0 Å². The topological polar surface area (TPSA) is 29.1 Å². The summed E-state index contributed by atoms with van der Waals surface area (Å²) in [5, 5.41) is 3.44. The molecule has 0 aliphatic heterocycles. The van der Waals surface area contributed by atoms with Crippen LogP contribution in [0, 0.1) is 0 Å².